The number of nitrogens with two attached hydrogens (primary N) is 1. The van der Waals surface area contributed by atoms with E-state index in [2.05, 4.69) is 30.9 Å². The molecule has 0 aromatic carbocycles. The summed E-state index contributed by atoms with van der Waals surface area (Å²) in [4.78, 5) is 14.0. The zero-order valence-corrected chi connectivity index (χ0v) is 12.0. The van der Waals surface area contributed by atoms with Gasteiger partial charge in [-0.1, -0.05) is 0 Å². The molecule has 0 aliphatic rings. The molecule has 3 rings (SSSR count). The van der Waals surface area contributed by atoms with Crippen LogP contribution in [0.5, 0.6) is 0 Å². The highest BCUT2D eigenvalue weighted by atomic mass is 79.9. The average Bonchev–Trinajstić information content (AvgIpc) is 2.83. The monoisotopic (exact) mass is 326 g/mol. The summed E-state index contributed by atoms with van der Waals surface area (Å²) in [6.45, 7) is 1.95. The first-order chi connectivity index (χ1) is 8.13. The number of fused-ring (bicyclic) bond motifs is 1. The zero-order chi connectivity index (χ0) is 12.0. The molecule has 3 aromatic heterocycles. The third-order valence-electron chi connectivity index (χ3n) is 2.20. The van der Waals surface area contributed by atoms with Crippen molar-refractivity contribution in [3.8, 4) is 10.8 Å². The number of thiophene rings is 1. The lowest BCUT2D eigenvalue weighted by atomic mass is 10.4. The Balaban J connectivity index is 2.24. The number of hydrogen-bond acceptors (Lipinski definition) is 6. The smallest absolute Gasteiger partial charge is 0.192 e. The normalized spacial score (nSPS) is 11.2. The van der Waals surface area contributed by atoms with Gasteiger partial charge in [0.15, 0.2) is 10.8 Å². The number of aryl methyl sites for hydroxylation is 1. The lowest BCUT2D eigenvalue weighted by Gasteiger charge is -1.98. The Labute approximate surface area is 114 Å². The molecule has 7 heteroatoms. The van der Waals surface area contributed by atoms with E-state index in [1.54, 1.807) is 11.3 Å². The molecular formula is C10H7BrN4S2. The van der Waals surface area contributed by atoms with Crippen molar-refractivity contribution in [1.29, 1.82) is 0 Å². The van der Waals surface area contributed by atoms with Crippen LogP contribution in [0.15, 0.2) is 15.2 Å². The Morgan fingerprint density at radius 2 is 2.12 bits per heavy atom. The number of nitrogen functional groups attached to an aromatic ring is 1. The minimum atomic E-state index is 0.500. The van der Waals surface area contributed by atoms with Crippen molar-refractivity contribution in [3.05, 3.63) is 20.9 Å². The van der Waals surface area contributed by atoms with Crippen LogP contribution in [0, 0.1) is 6.92 Å². The van der Waals surface area contributed by atoms with Gasteiger partial charge in [-0.25, -0.2) is 15.0 Å². The minimum absolute atomic E-state index is 0.500. The lowest BCUT2D eigenvalue weighted by Crippen LogP contribution is -1.95. The molecule has 3 heterocycles. The molecule has 0 fully saturated rings. The highest BCUT2D eigenvalue weighted by Crippen LogP contribution is 2.33. The Kier molecular flexibility index (Phi) is 2.61. The lowest BCUT2D eigenvalue weighted by molar-refractivity contribution is 1.19. The second-order valence-corrected chi connectivity index (χ2v) is 6.76. The van der Waals surface area contributed by atoms with E-state index in [1.807, 2.05) is 18.4 Å². The van der Waals surface area contributed by atoms with E-state index in [1.165, 1.54) is 11.3 Å². The number of halogens is 1. The Morgan fingerprint density at radius 3 is 2.82 bits per heavy atom. The van der Waals surface area contributed by atoms with Gasteiger partial charge in [-0.2, -0.15) is 0 Å². The average molecular weight is 327 g/mol. The molecule has 0 bridgehead atoms. The van der Waals surface area contributed by atoms with E-state index >= 15 is 0 Å². The first-order valence-electron chi connectivity index (χ1n) is 4.78. The summed E-state index contributed by atoms with van der Waals surface area (Å²) in [7, 11) is 0. The van der Waals surface area contributed by atoms with Crippen molar-refractivity contribution < 1.29 is 0 Å². The van der Waals surface area contributed by atoms with Crippen LogP contribution in [0.1, 0.15) is 5.69 Å². The third-order valence-corrected chi connectivity index (χ3v) is 4.69. The second kappa shape index (κ2) is 4.01. The standard InChI is InChI=1S/C10H7BrN4S2/c1-4-3-16-10(13-4)8-14-7(12)5-2-6(11)17-9(5)15-8/h2-3H,1H3,(H2,12,14,15). The maximum Gasteiger partial charge on any atom is 0.192 e. The van der Waals surface area contributed by atoms with E-state index in [0.29, 0.717) is 11.6 Å². The summed E-state index contributed by atoms with van der Waals surface area (Å²) in [5.74, 6) is 1.10. The van der Waals surface area contributed by atoms with Crippen LogP contribution in [0.2, 0.25) is 0 Å². The van der Waals surface area contributed by atoms with Crippen molar-refractivity contribution in [1.82, 2.24) is 15.0 Å². The van der Waals surface area contributed by atoms with Crippen LogP contribution in [0.4, 0.5) is 5.82 Å². The van der Waals surface area contributed by atoms with Crippen LogP contribution in [-0.4, -0.2) is 15.0 Å². The van der Waals surface area contributed by atoms with Gasteiger partial charge in [-0.3, -0.25) is 0 Å². The molecule has 0 amide bonds. The molecule has 86 valence electrons. The summed E-state index contributed by atoms with van der Waals surface area (Å²) < 4.78 is 1.00. The van der Waals surface area contributed by atoms with E-state index in [-0.39, 0.29) is 0 Å². The van der Waals surface area contributed by atoms with Crippen molar-refractivity contribution in [2.24, 2.45) is 0 Å². The number of aromatic nitrogens is 3. The van der Waals surface area contributed by atoms with E-state index in [4.69, 9.17) is 5.73 Å². The largest absolute Gasteiger partial charge is 0.383 e. The summed E-state index contributed by atoms with van der Waals surface area (Å²) in [6.07, 6.45) is 0. The van der Waals surface area contributed by atoms with Crippen LogP contribution >= 0.6 is 38.6 Å². The number of hydrogen-bond donors (Lipinski definition) is 1. The Hall–Kier alpha value is -1.05. The minimum Gasteiger partial charge on any atom is -0.383 e. The first-order valence-corrected chi connectivity index (χ1v) is 7.27. The van der Waals surface area contributed by atoms with Crippen LogP contribution < -0.4 is 5.73 Å². The fraction of sp³-hybridized carbons (Fsp3) is 0.100. The van der Waals surface area contributed by atoms with Crippen LogP contribution in [0.3, 0.4) is 0 Å². The molecule has 0 saturated heterocycles. The number of nitrogens with zero attached hydrogens (tertiary/aromatic N) is 3. The molecule has 4 nitrogen and oxygen atoms in total. The topological polar surface area (TPSA) is 64.7 Å². The van der Waals surface area contributed by atoms with E-state index < -0.39 is 0 Å². The summed E-state index contributed by atoms with van der Waals surface area (Å²) in [5.41, 5.74) is 6.90. The number of anilines is 1. The molecule has 0 saturated carbocycles. The number of rotatable bonds is 1. The SMILES string of the molecule is Cc1csc(-c2nc(N)c3cc(Br)sc3n2)n1. The molecule has 2 N–H and O–H groups in total. The molecule has 0 atom stereocenters. The van der Waals surface area contributed by atoms with Crippen molar-refractivity contribution >= 4 is 54.6 Å². The highest BCUT2D eigenvalue weighted by molar-refractivity contribution is 9.11. The second-order valence-electron chi connectivity index (χ2n) is 3.50. The maximum atomic E-state index is 5.93. The molecule has 0 radical (unpaired) electrons. The molecule has 3 aromatic rings. The molecule has 0 aliphatic carbocycles. The van der Waals surface area contributed by atoms with E-state index in [9.17, 15) is 0 Å². The predicted molar refractivity (Wildman–Crippen MR) is 75.4 cm³/mol. The molecule has 17 heavy (non-hydrogen) atoms. The quantitative estimate of drug-likeness (QED) is 0.743. The fourth-order valence-electron chi connectivity index (χ4n) is 1.47. The Bertz CT molecular complexity index is 703. The maximum absolute atomic E-state index is 5.93. The molecule has 0 unspecified atom stereocenters. The van der Waals surface area contributed by atoms with Gasteiger partial charge in [0.1, 0.15) is 10.6 Å². The van der Waals surface area contributed by atoms with E-state index in [0.717, 1.165) is 24.7 Å². The van der Waals surface area contributed by atoms with Gasteiger partial charge in [-0.05, 0) is 28.9 Å². The molecule has 0 aliphatic heterocycles. The van der Waals surface area contributed by atoms with Gasteiger partial charge in [-0.15, -0.1) is 22.7 Å². The molecular weight excluding hydrogens is 320 g/mol. The zero-order valence-electron chi connectivity index (χ0n) is 8.77. The first kappa shape index (κ1) is 11.1. The number of thiazole rings is 1. The predicted octanol–water partition coefficient (Wildman–Crippen LogP) is 3.47. The van der Waals surface area contributed by atoms with Crippen LogP contribution in [0.25, 0.3) is 21.0 Å². The third kappa shape index (κ3) is 1.94. The van der Waals surface area contributed by atoms with Gasteiger partial charge in [0.05, 0.1) is 9.17 Å². The fourth-order valence-corrected chi connectivity index (χ4v) is 3.65. The van der Waals surface area contributed by atoms with Gasteiger partial charge < -0.3 is 5.73 Å². The van der Waals surface area contributed by atoms with Crippen molar-refractivity contribution in [3.63, 3.8) is 0 Å². The van der Waals surface area contributed by atoms with Gasteiger partial charge in [0.25, 0.3) is 0 Å². The summed E-state index contributed by atoms with van der Waals surface area (Å²) in [5, 5.41) is 3.67. The molecule has 0 spiro atoms. The Morgan fingerprint density at radius 1 is 1.29 bits per heavy atom. The summed E-state index contributed by atoms with van der Waals surface area (Å²) >= 11 is 6.50. The van der Waals surface area contributed by atoms with Gasteiger partial charge in [0.2, 0.25) is 0 Å². The summed E-state index contributed by atoms with van der Waals surface area (Å²) in [6, 6.07) is 1.94. The van der Waals surface area contributed by atoms with Crippen molar-refractivity contribution in [2.75, 3.05) is 5.73 Å². The highest BCUT2D eigenvalue weighted by Gasteiger charge is 2.12. The van der Waals surface area contributed by atoms with Crippen LogP contribution in [-0.2, 0) is 0 Å². The van der Waals surface area contributed by atoms with Gasteiger partial charge in [0, 0.05) is 11.1 Å². The van der Waals surface area contributed by atoms with Gasteiger partial charge >= 0.3 is 0 Å². The van der Waals surface area contributed by atoms with Crippen molar-refractivity contribution in [2.45, 2.75) is 6.92 Å².